The van der Waals surface area contributed by atoms with Crippen molar-refractivity contribution < 1.29 is 14.3 Å². The Morgan fingerprint density at radius 2 is 1.91 bits per heavy atom. The lowest BCUT2D eigenvalue weighted by Gasteiger charge is -2.32. The SMILES string of the molecule is CCOC(=O)N[C@H]1C[C@@H](c2ccccc2)Oc2ccccc21. The number of hydrogen-bond donors (Lipinski definition) is 1. The lowest BCUT2D eigenvalue weighted by molar-refractivity contribution is 0.127. The summed E-state index contributed by atoms with van der Waals surface area (Å²) < 4.78 is 11.1. The van der Waals surface area contributed by atoms with Crippen molar-refractivity contribution in [1.29, 1.82) is 0 Å². The number of rotatable bonds is 3. The molecule has 1 heterocycles. The Balaban J connectivity index is 1.86. The van der Waals surface area contributed by atoms with Crippen LogP contribution >= 0.6 is 0 Å². The lowest BCUT2D eigenvalue weighted by atomic mass is 9.93. The van der Waals surface area contributed by atoms with Crippen LogP contribution in [0, 0.1) is 0 Å². The van der Waals surface area contributed by atoms with E-state index in [-0.39, 0.29) is 12.1 Å². The van der Waals surface area contributed by atoms with E-state index in [4.69, 9.17) is 9.47 Å². The van der Waals surface area contributed by atoms with E-state index in [9.17, 15) is 4.79 Å². The number of para-hydroxylation sites is 1. The number of amides is 1. The molecule has 2 aromatic rings. The molecule has 0 radical (unpaired) electrons. The molecule has 2 aromatic carbocycles. The van der Waals surface area contributed by atoms with Crippen LogP contribution in [-0.4, -0.2) is 12.7 Å². The summed E-state index contributed by atoms with van der Waals surface area (Å²) in [5.41, 5.74) is 2.09. The van der Waals surface area contributed by atoms with Gasteiger partial charge in [0.15, 0.2) is 0 Å². The number of hydrogen-bond acceptors (Lipinski definition) is 3. The first-order chi connectivity index (χ1) is 10.8. The zero-order valence-electron chi connectivity index (χ0n) is 12.5. The number of carbonyl (C=O) groups excluding carboxylic acids is 1. The van der Waals surface area contributed by atoms with Gasteiger partial charge in [-0.25, -0.2) is 4.79 Å². The Morgan fingerprint density at radius 3 is 2.68 bits per heavy atom. The van der Waals surface area contributed by atoms with Crippen molar-refractivity contribution in [1.82, 2.24) is 5.32 Å². The predicted molar refractivity (Wildman–Crippen MR) is 83.8 cm³/mol. The molecule has 1 amide bonds. The standard InChI is InChI=1S/C18H19NO3/c1-2-21-18(20)19-15-12-17(13-8-4-3-5-9-13)22-16-11-7-6-10-14(15)16/h3-11,15,17H,2,12H2,1H3,(H,19,20)/t15-,17-/m0/s1. The average molecular weight is 297 g/mol. The van der Waals surface area contributed by atoms with Gasteiger partial charge in [0, 0.05) is 12.0 Å². The second-order valence-corrected chi connectivity index (χ2v) is 5.21. The third-order valence-electron chi connectivity index (χ3n) is 3.75. The van der Waals surface area contributed by atoms with Gasteiger partial charge in [-0.05, 0) is 18.6 Å². The Morgan fingerprint density at radius 1 is 1.18 bits per heavy atom. The summed E-state index contributed by atoms with van der Waals surface area (Å²) in [7, 11) is 0. The maximum Gasteiger partial charge on any atom is 0.407 e. The normalized spacial score (nSPS) is 19.7. The molecule has 1 aliphatic heterocycles. The Kier molecular flexibility index (Phi) is 4.28. The van der Waals surface area contributed by atoms with Crippen LogP contribution in [-0.2, 0) is 4.74 Å². The van der Waals surface area contributed by atoms with Gasteiger partial charge in [-0.2, -0.15) is 0 Å². The van der Waals surface area contributed by atoms with E-state index in [1.807, 2.05) is 54.6 Å². The van der Waals surface area contributed by atoms with Gasteiger partial charge >= 0.3 is 6.09 Å². The van der Waals surface area contributed by atoms with Crippen molar-refractivity contribution in [2.24, 2.45) is 0 Å². The first kappa shape index (κ1) is 14.4. The largest absolute Gasteiger partial charge is 0.485 e. The highest BCUT2D eigenvalue weighted by atomic mass is 16.5. The summed E-state index contributed by atoms with van der Waals surface area (Å²) >= 11 is 0. The number of ether oxygens (including phenoxy) is 2. The van der Waals surface area contributed by atoms with Crippen LogP contribution in [0.3, 0.4) is 0 Å². The minimum absolute atomic E-state index is 0.0805. The molecule has 0 unspecified atom stereocenters. The van der Waals surface area contributed by atoms with Crippen LogP contribution in [0.1, 0.15) is 36.6 Å². The number of alkyl carbamates (subject to hydrolysis) is 1. The molecule has 114 valence electrons. The first-order valence-corrected chi connectivity index (χ1v) is 7.51. The lowest BCUT2D eigenvalue weighted by Crippen LogP contribution is -2.33. The predicted octanol–water partition coefficient (Wildman–Crippen LogP) is 4.00. The van der Waals surface area contributed by atoms with E-state index in [0.29, 0.717) is 13.0 Å². The summed E-state index contributed by atoms with van der Waals surface area (Å²) in [6, 6.07) is 17.7. The highest BCUT2D eigenvalue weighted by Gasteiger charge is 2.30. The van der Waals surface area contributed by atoms with Gasteiger partial charge in [0.2, 0.25) is 0 Å². The molecule has 22 heavy (non-hydrogen) atoms. The van der Waals surface area contributed by atoms with Crippen molar-refractivity contribution in [3.63, 3.8) is 0 Å². The monoisotopic (exact) mass is 297 g/mol. The third-order valence-corrected chi connectivity index (χ3v) is 3.75. The van der Waals surface area contributed by atoms with Crippen LogP contribution in [0.25, 0.3) is 0 Å². The topological polar surface area (TPSA) is 47.6 Å². The number of benzene rings is 2. The van der Waals surface area contributed by atoms with Crippen molar-refractivity contribution >= 4 is 6.09 Å². The Hall–Kier alpha value is -2.49. The molecule has 2 atom stereocenters. The molecule has 0 spiro atoms. The molecule has 4 nitrogen and oxygen atoms in total. The van der Waals surface area contributed by atoms with Gasteiger partial charge < -0.3 is 14.8 Å². The minimum Gasteiger partial charge on any atom is -0.485 e. The summed E-state index contributed by atoms with van der Waals surface area (Å²) in [6.45, 7) is 2.16. The molecular weight excluding hydrogens is 278 g/mol. The van der Waals surface area contributed by atoms with Crippen molar-refractivity contribution in [2.45, 2.75) is 25.5 Å². The second kappa shape index (κ2) is 6.52. The first-order valence-electron chi connectivity index (χ1n) is 7.51. The highest BCUT2D eigenvalue weighted by molar-refractivity contribution is 5.68. The van der Waals surface area contributed by atoms with E-state index < -0.39 is 6.09 Å². The molecule has 1 N–H and O–H groups in total. The van der Waals surface area contributed by atoms with E-state index in [1.54, 1.807) is 6.92 Å². The Bertz CT molecular complexity index is 642. The van der Waals surface area contributed by atoms with Gasteiger partial charge in [0.25, 0.3) is 0 Å². The molecule has 1 aliphatic rings. The number of nitrogens with one attached hydrogen (secondary N) is 1. The van der Waals surface area contributed by atoms with Gasteiger partial charge in [-0.1, -0.05) is 48.5 Å². The molecule has 3 rings (SSSR count). The van der Waals surface area contributed by atoms with Gasteiger partial charge in [0.1, 0.15) is 11.9 Å². The summed E-state index contributed by atoms with van der Waals surface area (Å²) in [4.78, 5) is 11.8. The smallest absolute Gasteiger partial charge is 0.407 e. The fraction of sp³-hybridized carbons (Fsp3) is 0.278. The molecular formula is C18H19NO3. The molecule has 0 bridgehead atoms. The second-order valence-electron chi connectivity index (χ2n) is 5.21. The number of fused-ring (bicyclic) bond motifs is 1. The maximum absolute atomic E-state index is 11.8. The van der Waals surface area contributed by atoms with E-state index in [0.717, 1.165) is 16.9 Å². The van der Waals surface area contributed by atoms with Crippen LogP contribution in [0.5, 0.6) is 5.75 Å². The fourth-order valence-corrected chi connectivity index (χ4v) is 2.74. The van der Waals surface area contributed by atoms with Crippen molar-refractivity contribution in [3.8, 4) is 5.75 Å². The van der Waals surface area contributed by atoms with Crippen LogP contribution in [0.4, 0.5) is 4.79 Å². The quantitative estimate of drug-likeness (QED) is 0.931. The zero-order chi connectivity index (χ0) is 15.4. The third kappa shape index (κ3) is 3.06. The van der Waals surface area contributed by atoms with Crippen LogP contribution in [0.2, 0.25) is 0 Å². The average Bonchev–Trinajstić information content (AvgIpc) is 2.56. The van der Waals surface area contributed by atoms with Gasteiger partial charge in [-0.3, -0.25) is 0 Å². The van der Waals surface area contributed by atoms with Gasteiger partial charge in [0.05, 0.1) is 12.6 Å². The molecule has 0 fully saturated rings. The van der Waals surface area contributed by atoms with Gasteiger partial charge in [-0.15, -0.1) is 0 Å². The summed E-state index contributed by atoms with van der Waals surface area (Å²) in [5.74, 6) is 0.810. The number of carbonyl (C=O) groups is 1. The maximum atomic E-state index is 11.8. The van der Waals surface area contributed by atoms with Crippen LogP contribution < -0.4 is 10.1 Å². The molecule has 0 saturated heterocycles. The zero-order valence-corrected chi connectivity index (χ0v) is 12.5. The fourth-order valence-electron chi connectivity index (χ4n) is 2.74. The minimum atomic E-state index is -0.393. The summed E-state index contributed by atoms with van der Waals surface area (Å²) in [6.07, 6.45) is 0.207. The molecule has 0 saturated carbocycles. The molecule has 4 heteroatoms. The van der Waals surface area contributed by atoms with Crippen molar-refractivity contribution in [2.75, 3.05) is 6.61 Å². The molecule has 0 aromatic heterocycles. The van der Waals surface area contributed by atoms with E-state index >= 15 is 0 Å². The van der Waals surface area contributed by atoms with Crippen molar-refractivity contribution in [3.05, 3.63) is 65.7 Å². The Labute approximate surface area is 130 Å². The molecule has 0 aliphatic carbocycles. The van der Waals surface area contributed by atoms with E-state index in [1.165, 1.54) is 0 Å². The highest BCUT2D eigenvalue weighted by Crippen LogP contribution is 2.40. The summed E-state index contributed by atoms with van der Waals surface area (Å²) in [5, 5.41) is 2.93. The van der Waals surface area contributed by atoms with E-state index in [2.05, 4.69) is 5.32 Å². The van der Waals surface area contributed by atoms with Crippen LogP contribution in [0.15, 0.2) is 54.6 Å².